The third-order valence-corrected chi connectivity index (χ3v) is 2.96. The first kappa shape index (κ1) is 13.7. The van der Waals surface area contributed by atoms with Crippen molar-refractivity contribution in [1.29, 1.82) is 0 Å². The average molecular weight is 286 g/mol. The minimum Gasteiger partial charge on any atom is -0.382 e. The number of ether oxygens (including phenoxy) is 1. The van der Waals surface area contributed by atoms with Crippen molar-refractivity contribution >= 4 is 15.9 Å². The van der Waals surface area contributed by atoms with Crippen molar-refractivity contribution in [3.63, 3.8) is 0 Å². The molecule has 0 aliphatic carbocycles. The zero-order valence-corrected chi connectivity index (χ0v) is 11.6. The van der Waals surface area contributed by atoms with Crippen LogP contribution < -0.4 is 5.32 Å². The molecule has 0 unspecified atom stereocenters. The van der Waals surface area contributed by atoms with Gasteiger partial charge in [-0.05, 0) is 44.5 Å². The van der Waals surface area contributed by atoms with Crippen LogP contribution in [0.2, 0.25) is 0 Å². The summed E-state index contributed by atoms with van der Waals surface area (Å²) < 4.78 is 6.43. The minimum atomic E-state index is 0.388. The van der Waals surface area contributed by atoms with Crippen LogP contribution in [0, 0.1) is 0 Å². The van der Waals surface area contributed by atoms with Gasteiger partial charge in [0, 0.05) is 23.7 Å². The van der Waals surface area contributed by atoms with Gasteiger partial charge in [0.2, 0.25) is 0 Å². The summed E-state index contributed by atoms with van der Waals surface area (Å²) in [6, 6.07) is 8.80. The van der Waals surface area contributed by atoms with Gasteiger partial charge in [0.15, 0.2) is 0 Å². The Labute approximate surface area is 107 Å². The first-order chi connectivity index (χ1) is 7.74. The highest BCUT2D eigenvalue weighted by atomic mass is 79.9. The Morgan fingerprint density at radius 1 is 1.44 bits per heavy atom. The summed E-state index contributed by atoms with van der Waals surface area (Å²) in [6.45, 7) is 6.85. The molecule has 1 aromatic rings. The molecule has 16 heavy (non-hydrogen) atoms. The lowest BCUT2D eigenvalue weighted by molar-refractivity contribution is 0.144. The lowest BCUT2D eigenvalue weighted by Crippen LogP contribution is -2.20. The molecule has 2 nitrogen and oxygen atoms in total. The van der Waals surface area contributed by atoms with E-state index in [1.54, 1.807) is 0 Å². The van der Waals surface area contributed by atoms with Gasteiger partial charge in [0.1, 0.15) is 0 Å². The monoisotopic (exact) mass is 285 g/mol. The second-order valence-electron chi connectivity index (χ2n) is 3.78. The summed E-state index contributed by atoms with van der Waals surface area (Å²) >= 11 is 3.49. The SMILES string of the molecule is CCOCCCN[C@@H](C)c1cccc(Br)c1. The minimum absolute atomic E-state index is 0.388. The van der Waals surface area contributed by atoms with Crippen molar-refractivity contribution in [2.45, 2.75) is 26.3 Å². The lowest BCUT2D eigenvalue weighted by atomic mass is 10.1. The molecule has 0 aromatic heterocycles. The van der Waals surface area contributed by atoms with E-state index in [-0.39, 0.29) is 0 Å². The Morgan fingerprint density at radius 3 is 2.94 bits per heavy atom. The molecular formula is C13H20BrNO. The Morgan fingerprint density at radius 2 is 2.25 bits per heavy atom. The number of hydrogen-bond acceptors (Lipinski definition) is 2. The molecule has 1 aromatic carbocycles. The normalized spacial score (nSPS) is 12.7. The van der Waals surface area contributed by atoms with Gasteiger partial charge in [-0.1, -0.05) is 28.1 Å². The number of halogens is 1. The molecule has 90 valence electrons. The van der Waals surface area contributed by atoms with E-state index in [1.807, 2.05) is 13.0 Å². The first-order valence-electron chi connectivity index (χ1n) is 5.80. The van der Waals surface area contributed by atoms with Crippen LogP contribution in [0.15, 0.2) is 28.7 Å². The second-order valence-corrected chi connectivity index (χ2v) is 4.70. The molecule has 0 saturated heterocycles. The van der Waals surface area contributed by atoms with Gasteiger partial charge < -0.3 is 10.1 Å². The molecule has 0 fully saturated rings. The Balaban J connectivity index is 2.27. The second kappa shape index (κ2) is 7.82. The molecule has 0 aliphatic rings. The van der Waals surface area contributed by atoms with Gasteiger partial charge in [-0.15, -0.1) is 0 Å². The topological polar surface area (TPSA) is 21.3 Å². The Bertz CT molecular complexity index is 304. The summed E-state index contributed by atoms with van der Waals surface area (Å²) in [7, 11) is 0. The van der Waals surface area contributed by atoms with Crippen LogP contribution in [0.3, 0.4) is 0 Å². The molecule has 0 bridgehead atoms. The van der Waals surface area contributed by atoms with Crippen molar-refractivity contribution in [2.24, 2.45) is 0 Å². The predicted octanol–water partition coefficient (Wildman–Crippen LogP) is 3.53. The molecule has 3 heteroatoms. The van der Waals surface area contributed by atoms with Crippen LogP contribution in [0.25, 0.3) is 0 Å². The van der Waals surface area contributed by atoms with Crippen LogP contribution in [0.4, 0.5) is 0 Å². The molecule has 0 radical (unpaired) electrons. The maximum Gasteiger partial charge on any atom is 0.0477 e. The summed E-state index contributed by atoms with van der Waals surface area (Å²) in [5.41, 5.74) is 1.31. The van der Waals surface area contributed by atoms with Crippen molar-refractivity contribution < 1.29 is 4.74 Å². The van der Waals surface area contributed by atoms with E-state index in [2.05, 4.69) is 46.4 Å². The fourth-order valence-corrected chi connectivity index (χ4v) is 1.95. The molecule has 0 spiro atoms. The molecule has 0 heterocycles. The third-order valence-electron chi connectivity index (χ3n) is 2.47. The van der Waals surface area contributed by atoms with Gasteiger partial charge >= 0.3 is 0 Å². The zero-order valence-electron chi connectivity index (χ0n) is 10.0. The number of benzene rings is 1. The van der Waals surface area contributed by atoms with Crippen molar-refractivity contribution in [2.75, 3.05) is 19.8 Å². The van der Waals surface area contributed by atoms with Gasteiger partial charge in [0.25, 0.3) is 0 Å². The van der Waals surface area contributed by atoms with E-state index in [4.69, 9.17) is 4.74 Å². The highest BCUT2D eigenvalue weighted by molar-refractivity contribution is 9.10. The zero-order chi connectivity index (χ0) is 11.8. The van der Waals surface area contributed by atoms with Crippen LogP contribution in [0.1, 0.15) is 31.9 Å². The number of rotatable bonds is 7. The summed E-state index contributed by atoms with van der Waals surface area (Å²) in [5.74, 6) is 0. The fourth-order valence-electron chi connectivity index (χ4n) is 1.53. The van der Waals surface area contributed by atoms with Gasteiger partial charge in [-0.2, -0.15) is 0 Å². The quantitative estimate of drug-likeness (QED) is 0.774. The van der Waals surface area contributed by atoms with Gasteiger partial charge in [-0.25, -0.2) is 0 Å². The first-order valence-corrected chi connectivity index (χ1v) is 6.60. The summed E-state index contributed by atoms with van der Waals surface area (Å²) in [4.78, 5) is 0. The molecule has 1 N–H and O–H groups in total. The van der Waals surface area contributed by atoms with Crippen molar-refractivity contribution in [3.05, 3.63) is 34.3 Å². The average Bonchev–Trinajstić information content (AvgIpc) is 2.28. The summed E-state index contributed by atoms with van der Waals surface area (Å²) in [6.07, 6.45) is 1.06. The molecular weight excluding hydrogens is 266 g/mol. The van der Waals surface area contributed by atoms with E-state index in [9.17, 15) is 0 Å². The highest BCUT2D eigenvalue weighted by Crippen LogP contribution is 2.17. The Kier molecular flexibility index (Phi) is 6.69. The predicted molar refractivity (Wildman–Crippen MR) is 71.7 cm³/mol. The highest BCUT2D eigenvalue weighted by Gasteiger charge is 2.03. The van der Waals surface area contributed by atoms with Crippen LogP contribution in [0.5, 0.6) is 0 Å². The molecule has 0 amide bonds. The Hall–Kier alpha value is -0.380. The molecule has 1 rings (SSSR count). The van der Waals surface area contributed by atoms with E-state index in [0.29, 0.717) is 6.04 Å². The largest absolute Gasteiger partial charge is 0.382 e. The smallest absolute Gasteiger partial charge is 0.0477 e. The molecule has 1 atom stereocenters. The summed E-state index contributed by atoms with van der Waals surface area (Å²) in [5, 5.41) is 3.48. The van der Waals surface area contributed by atoms with Crippen LogP contribution in [-0.4, -0.2) is 19.8 Å². The third kappa shape index (κ3) is 5.10. The standard InChI is InChI=1S/C13H20BrNO/c1-3-16-9-5-8-15-11(2)12-6-4-7-13(14)10-12/h4,6-7,10-11,15H,3,5,8-9H2,1-2H3/t11-/m0/s1. The van der Waals surface area contributed by atoms with E-state index in [1.165, 1.54) is 5.56 Å². The maximum absolute atomic E-state index is 5.29. The van der Waals surface area contributed by atoms with Gasteiger partial charge in [-0.3, -0.25) is 0 Å². The fraction of sp³-hybridized carbons (Fsp3) is 0.538. The van der Waals surface area contributed by atoms with Gasteiger partial charge in [0.05, 0.1) is 0 Å². The maximum atomic E-state index is 5.29. The van der Waals surface area contributed by atoms with E-state index in [0.717, 1.165) is 30.7 Å². The van der Waals surface area contributed by atoms with E-state index < -0.39 is 0 Å². The van der Waals surface area contributed by atoms with Crippen LogP contribution in [-0.2, 0) is 4.74 Å². The van der Waals surface area contributed by atoms with Crippen molar-refractivity contribution in [1.82, 2.24) is 5.32 Å². The number of nitrogens with one attached hydrogen (secondary N) is 1. The number of hydrogen-bond donors (Lipinski definition) is 1. The van der Waals surface area contributed by atoms with Crippen LogP contribution >= 0.6 is 15.9 Å². The van der Waals surface area contributed by atoms with Crippen molar-refractivity contribution in [3.8, 4) is 0 Å². The molecule has 0 saturated carbocycles. The lowest BCUT2D eigenvalue weighted by Gasteiger charge is -2.14. The molecule has 0 aliphatic heterocycles. The van der Waals surface area contributed by atoms with E-state index >= 15 is 0 Å².